The molecule has 21 heavy (non-hydrogen) atoms. The number of hydrogen-bond donors (Lipinski definition) is 2. The zero-order chi connectivity index (χ0) is 15.7. The minimum Gasteiger partial charge on any atom is -0.394 e. The van der Waals surface area contributed by atoms with Crippen LogP contribution in [0, 0.1) is 10.1 Å². The predicted octanol–water partition coefficient (Wildman–Crippen LogP) is 1.83. The Labute approximate surface area is 127 Å². The van der Waals surface area contributed by atoms with E-state index in [0.29, 0.717) is 12.8 Å². The van der Waals surface area contributed by atoms with Crippen molar-refractivity contribution >= 4 is 27.3 Å². The fourth-order valence-electron chi connectivity index (χ4n) is 2.51. The Morgan fingerprint density at radius 3 is 2.48 bits per heavy atom. The molecule has 116 valence electrons. The Kier molecular flexibility index (Phi) is 4.52. The average molecular weight is 335 g/mol. The van der Waals surface area contributed by atoms with Gasteiger partial charge in [-0.2, -0.15) is 0 Å². The van der Waals surface area contributed by atoms with Crippen molar-refractivity contribution in [3.63, 3.8) is 0 Å². The van der Waals surface area contributed by atoms with Gasteiger partial charge in [0.1, 0.15) is 4.90 Å². The van der Waals surface area contributed by atoms with Crippen LogP contribution in [-0.4, -0.2) is 30.6 Å². The van der Waals surface area contributed by atoms with Crippen molar-refractivity contribution < 1.29 is 18.4 Å². The van der Waals surface area contributed by atoms with E-state index in [1.807, 2.05) is 0 Å². The summed E-state index contributed by atoms with van der Waals surface area (Å²) in [7, 11) is -3.95. The number of halogens is 1. The number of sulfonamides is 1. The quantitative estimate of drug-likeness (QED) is 0.630. The summed E-state index contributed by atoms with van der Waals surface area (Å²) in [5, 5.41) is 19.9. The van der Waals surface area contributed by atoms with Crippen LogP contribution in [0.2, 0.25) is 5.02 Å². The van der Waals surface area contributed by atoms with Crippen LogP contribution in [0.3, 0.4) is 0 Å². The molecule has 7 nitrogen and oxygen atoms in total. The second-order valence-corrected chi connectivity index (χ2v) is 7.18. The van der Waals surface area contributed by atoms with Crippen molar-refractivity contribution in [2.75, 3.05) is 6.61 Å². The van der Waals surface area contributed by atoms with Crippen molar-refractivity contribution in [2.24, 2.45) is 0 Å². The predicted molar refractivity (Wildman–Crippen MR) is 76.7 cm³/mol. The molecule has 0 saturated heterocycles. The number of rotatable bonds is 5. The molecule has 1 aliphatic rings. The van der Waals surface area contributed by atoms with Gasteiger partial charge in [0.15, 0.2) is 0 Å². The van der Waals surface area contributed by atoms with Gasteiger partial charge in [-0.1, -0.05) is 24.4 Å². The van der Waals surface area contributed by atoms with Gasteiger partial charge in [0, 0.05) is 12.1 Å². The van der Waals surface area contributed by atoms with Crippen molar-refractivity contribution in [1.29, 1.82) is 0 Å². The largest absolute Gasteiger partial charge is 0.394 e. The third-order valence-corrected chi connectivity index (χ3v) is 5.69. The van der Waals surface area contributed by atoms with Gasteiger partial charge < -0.3 is 5.11 Å². The summed E-state index contributed by atoms with van der Waals surface area (Å²) in [6.45, 7) is -0.295. The van der Waals surface area contributed by atoms with E-state index in [1.54, 1.807) is 0 Å². The van der Waals surface area contributed by atoms with Gasteiger partial charge in [-0.25, -0.2) is 13.1 Å². The Bertz CT molecular complexity index is 656. The van der Waals surface area contributed by atoms with Crippen molar-refractivity contribution in [2.45, 2.75) is 36.1 Å². The lowest BCUT2D eigenvalue weighted by atomic mass is 10.0. The van der Waals surface area contributed by atoms with E-state index in [4.69, 9.17) is 11.6 Å². The molecule has 1 aromatic rings. The molecule has 9 heteroatoms. The molecule has 0 amide bonds. The monoisotopic (exact) mass is 334 g/mol. The van der Waals surface area contributed by atoms with Crippen LogP contribution in [0.25, 0.3) is 0 Å². The summed E-state index contributed by atoms with van der Waals surface area (Å²) in [5.41, 5.74) is -1.15. The number of aliphatic hydroxyl groups excluding tert-OH is 1. The lowest BCUT2D eigenvalue weighted by Crippen LogP contribution is -2.49. The molecule has 0 radical (unpaired) electrons. The molecular weight excluding hydrogens is 320 g/mol. The zero-order valence-corrected chi connectivity index (χ0v) is 12.7. The summed E-state index contributed by atoms with van der Waals surface area (Å²) >= 11 is 5.85. The highest BCUT2D eigenvalue weighted by Gasteiger charge is 2.38. The third-order valence-electron chi connectivity index (χ3n) is 3.63. The van der Waals surface area contributed by atoms with Crippen LogP contribution in [0.5, 0.6) is 0 Å². The fourth-order valence-corrected chi connectivity index (χ4v) is 4.50. The summed E-state index contributed by atoms with van der Waals surface area (Å²) in [6.07, 6.45) is 2.76. The topological polar surface area (TPSA) is 110 Å². The second-order valence-electron chi connectivity index (χ2n) is 5.12. The highest BCUT2D eigenvalue weighted by atomic mass is 35.5. The Hall–Kier alpha value is -1.22. The second kappa shape index (κ2) is 5.88. The van der Waals surface area contributed by atoms with E-state index < -0.39 is 20.5 Å². The van der Waals surface area contributed by atoms with Gasteiger partial charge in [-0.15, -0.1) is 0 Å². The first-order valence-corrected chi connectivity index (χ1v) is 8.25. The van der Waals surface area contributed by atoms with E-state index in [2.05, 4.69) is 4.72 Å². The zero-order valence-electron chi connectivity index (χ0n) is 11.1. The molecule has 0 bridgehead atoms. The molecule has 1 aliphatic carbocycles. The molecule has 2 N–H and O–H groups in total. The molecule has 0 heterocycles. The van der Waals surface area contributed by atoms with Crippen LogP contribution >= 0.6 is 11.6 Å². The van der Waals surface area contributed by atoms with E-state index in [1.165, 1.54) is 0 Å². The normalized spacial score (nSPS) is 17.8. The van der Waals surface area contributed by atoms with Crippen LogP contribution < -0.4 is 4.72 Å². The molecule has 0 spiro atoms. The first kappa shape index (κ1) is 16.2. The van der Waals surface area contributed by atoms with Crippen molar-refractivity contribution in [1.82, 2.24) is 4.72 Å². The Morgan fingerprint density at radius 1 is 1.38 bits per heavy atom. The summed E-state index contributed by atoms with van der Waals surface area (Å²) in [4.78, 5) is 9.76. The van der Waals surface area contributed by atoms with Crippen LogP contribution in [0.15, 0.2) is 23.1 Å². The van der Waals surface area contributed by atoms with Crippen LogP contribution in [0.1, 0.15) is 25.7 Å². The number of nitrogens with zero attached hydrogens (tertiary/aromatic N) is 1. The molecule has 0 aliphatic heterocycles. The third kappa shape index (κ3) is 3.34. The number of aliphatic hydroxyl groups is 1. The standard InChI is InChI=1S/C12H15ClN2O5S/c13-10-7-9(15(17)18)3-4-11(10)21(19,20)14-12(8-16)5-1-2-6-12/h3-4,7,14,16H,1-2,5-6,8H2. The molecule has 0 unspecified atom stereocenters. The molecule has 0 atom stereocenters. The van der Waals surface area contributed by atoms with E-state index >= 15 is 0 Å². The number of nitro groups is 1. The van der Waals surface area contributed by atoms with E-state index in [-0.39, 0.29) is 22.2 Å². The average Bonchev–Trinajstić information content (AvgIpc) is 2.86. The SMILES string of the molecule is O=[N+]([O-])c1ccc(S(=O)(=O)NC2(CO)CCCC2)c(Cl)c1. The lowest BCUT2D eigenvalue weighted by molar-refractivity contribution is -0.384. The lowest BCUT2D eigenvalue weighted by Gasteiger charge is -2.27. The molecule has 1 fully saturated rings. The van der Waals surface area contributed by atoms with Crippen LogP contribution in [0.4, 0.5) is 5.69 Å². The minimum absolute atomic E-state index is 0.220. The molecular formula is C12H15ClN2O5S. The van der Waals surface area contributed by atoms with Gasteiger partial charge >= 0.3 is 0 Å². The number of hydrogen-bond acceptors (Lipinski definition) is 5. The fraction of sp³-hybridized carbons (Fsp3) is 0.500. The molecule has 0 aromatic heterocycles. The first-order valence-electron chi connectivity index (χ1n) is 6.38. The molecule has 1 aromatic carbocycles. The number of nitrogens with one attached hydrogen (secondary N) is 1. The maximum absolute atomic E-state index is 12.4. The van der Waals surface area contributed by atoms with Gasteiger partial charge in [0.25, 0.3) is 5.69 Å². The van der Waals surface area contributed by atoms with E-state index in [0.717, 1.165) is 31.0 Å². The van der Waals surface area contributed by atoms with Gasteiger partial charge in [0.2, 0.25) is 10.0 Å². The summed E-state index contributed by atoms with van der Waals surface area (Å²) < 4.78 is 27.2. The molecule has 2 rings (SSSR count). The van der Waals surface area contributed by atoms with E-state index in [9.17, 15) is 23.6 Å². The smallest absolute Gasteiger partial charge is 0.271 e. The minimum atomic E-state index is -3.95. The highest BCUT2D eigenvalue weighted by Crippen LogP contribution is 2.32. The summed E-state index contributed by atoms with van der Waals surface area (Å²) in [5.74, 6) is 0. The maximum atomic E-state index is 12.4. The van der Waals surface area contributed by atoms with Gasteiger partial charge in [-0.3, -0.25) is 10.1 Å². The molecule has 1 saturated carbocycles. The van der Waals surface area contributed by atoms with Crippen molar-refractivity contribution in [3.8, 4) is 0 Å². The Morgan fingerprint density at radius 2 is 2.00 bits per heavy atom. The maximum Gasteiger partial charge on any atom is 0.271 e. The van der Waals surface area contributed by atoms with Crippen LogP contribution in [-0.2, 0) is 10.0 Å². The Balaban J connectivity index is 2.33. The van der Waals surface area contributed by atoms with Gasteiger partial charge in [-0.05, 0) is 18.9 Å². The summed E-state index contributed by atoms with van der Waals surface area (Å²) in [6, 6.07) is 3.18. The number of non-ortho nitro benzene ring substituents is 1. The van der Waals surface area contributed by atoms with Crippen molar-refractivity contribution in [3.05, 3.63) is 33.3 Å². The number of benzene rings is 1. The first-order chi connectivity index (χ1) is 9.80. The van der Waals surface area contributed by atoms with Gasteiger partial charge in [0.05, 0.1) is 22.1 Å². The highest BCUT2D eigenvalue weighted by molar-refractivity contribution is 7.89. The number of nitro benzene ring substituents is 1.